The second-order valence-electron chi connectivity index (χ2n) is 4.14. The summed E-state index contributed by atoms with van der Waals surface area (Å²) in [6.07, 6.45) is 0. The summed E-state index contributed by atoms with van der Waals surface area (Å²) in [5.41, 5.74) is 6.86. The molecule has 2 aromatic rings. The minimum Gasteiger partial charge on any atom is -0.388 e. The fourth-order valence-electron chi connectivity index (χ4n) is 1.82. The molecule has 0 saturated carbocycles. The second-order valence-corrected chi connectivity index (χ2v) is 4.97. The summed E-state index contributed by atoms with van der Waals surface area (Å²) in [5.74, 6) is 0. The first-order chi connectivity index (χ1) is 9.93. The van der Waals surface area contributed by atoms with Gasteiger partial charge in [0.1, 0.15) is 22.4 Å². The maximum Gasteiger partial charge on any atom is 0.269 e. The van der Waals surface area contributed by atoms with Crippen molar-refractivity contribution < 1.29 is 4.92 Å². The average Bonchev–Trinajstić information content (AvgIpc) is 2.76. The Labute approximate surface area is 129 Å². The van der Waals surface area contributed by atoms with E-state index in [1.807, 2.05) is 6.07 Å². The first-order valence-electron chi connectivity index (χ1n) is 5.70. The lowest BCUT2D eigenvalue weighted by Crippen LogP contribution is -2.13. The van der Waals surface area contributed by atoms with Crippen LogP contribution in [0.1, 0.15) is 17.0 Å². The van der Waals surface area contributed by atoms with Crippen LogP contribution in [-0.4, -0.2) is 19.5 Å². The van der Waals surface area contributed by atoms with E-state index in [-0.39, 0.29) is 16.4 Å². The molecule has 0 atom stereocenters. The van der Waals surface area contributed by atoms with Crippen LogP contribution in [0, 0.1) is 26.2 Å². The lowest BCUT2D eigenvalue weighted by Gasteiger charge is -2.04. The number of hydrogen-bond acceptors (Lipinski definition) is 5. The molecule has 0 aliphatic rings. The van der Waals surface area contributed by atoms with Crippen molar-refractivity contribution in [1.29, 1.82) is 5.26 Å². The molecule has 3 N–H and O–H groups in total. The number of H-pyrrole nitrogens is 1. The Kier molecular flexibility index (Phi) is 4.11. The van der Waals surface area contributed by atoms with E-state index in [4.69, 9.17) is 30.2 Å². The number of nitro groups is 1. The number of aromatic amines is 1. The lowest BCUT2D eigenvalue weighted by molar-refractivity contribution is -0.384. The summed E-state index contributed by atoms with van der Waals surface area (Å²) in [4.78, 5) is 13.0. The highest BCUT2D eigenvalue weighted by molar-refractivity contribution is 7.80. The largest absolute Gasteiger partial charge is 0.388 e. The predicted octanol–water partition coefficient (Wildman–Crippen LogP) is 2.01. The van der Waals surface area contributed by atoms with E-state index in [2.05, 4.69) is 4.98 Å². The van der Waals surface area contributed by atoms with Gasteiger partial charge in [-0.15, -0.1) is 0 Å². The number of hydrogen-bond donors (Lipinski definition) is 2. The van der Waals surface area contributed by atoms with Gasteiger partial charge in [0.25, 0.3) is 5.69 Å². The summed E-state index contributed by atoms with van der Waals surface area (Å²) < 4.78 is 1.86. The molecule has 21 heavy (non-hydrogen) atoms. The molecule has 0 bridgehead atoms. The summed E-state index contributed by atoms with van der Waals surface area (Å²) in [6, 6.07) is 8.01. The van der Waals surface area contributed by atoms with Gasteiger partial charge in [-0.1, -0.05) is 24.4 Å². The van der Waals surface area contributed by atoms with Crippen molar-refractivity contribution in [3.05, 3.63) is 56.1 Å². The highest BCUT2D eigenvalue weighted by Gasteiger charge is 2.14. The minimum absolute atomic E-state index is 0.000692. The van der Waals surface area contributed by atoms with Gasteiger partial charge < -0.3 is 15.3 Å². The first-order valence-corrected chi connectivity index (χ1v) is 6.51. The summed E-state index contributed by atoms with van der Waals surface area (Å²) in [5, 5.41) is 19.8. The van der Waals surface area contributed by atoms with Crippen LogP contribution < -0.4 is 5.73 Å². The summed E-state index contributed by atoms with van der Waals surface area (Å²) in [7, 11) is 0. The number of nitrogens with zero attached hydrogens (tertiary/aromatic N) is 3. The molecule has 9 heteroatoms. The molecule has 0 amide bonds. The number of aromatic nitrogens is 2. The number of non-ortho nitro benzene ring substituents is 1. The zero-order chi connectivity index (χ0) is 15.6. The Morgan fingerprint density at radius 3 is 2.57 bits per heavy atom. The summed E-state index contributed by atoms with van der Waals surface area (Å²) >= 11 is 10.0. The number of nitro benzene ring substituents is 1. The molecule has 0 aliphatic heterocycles. The van der Waals surface area contributed by atoms with Crippen molar-refractivity contribution in [2.45, 2.75) is 6.54 Å². The van der Waals surface area contributed by atoms with Gasteiger partial charge in [-0.05, 0) is 17.8 Å². The van der Waals surface area contributed by atoms with E-state index in [1.165, 1.54) is 12.1 Å². The zero-order valence-electron chi connectivity index (χ0n) is 10.6. The minimum atomic E-state index is -0.475. The molecule has 2 rings (SSSR count). The smallest absolute Gasteiger partial charge is 0.269 e. The SMILES string of the molecule is N#Cc1c(C(N)=S)[nH]c(=S)n1Cc1ccc([N+](=O)[O-])cc1. The average molecular weight is 319 g/mol. The van der Waals surface area contributed by atoms with Crippen LogP contribution >= 0.6 is 24.4 Å². The molecule has 1 aromatic carbocycles. The predicted molar refractivity (Wildman–Crippen MR) is 82.4 cm³/mol. The number of rotatable bonds is 4. The third kappa shape index (κ3) is 2.96. The van der Waals surface area contributed by atoms with E-state index in [9.17, 15) is 15.4 Å². The lowest BCUT2D eigenvalue weighted by atomic mass is 10.2. The van der Waals surface area contributed by atoms with Crippen LogP contribution in [0.5, 0.6) is 0 Å². The molecule has 0 radical (unpaired) electrons. The Morgan fingerprint density at radius 2 is 2.10 bits per heavy atom. The van der Waals surface area contributed by atoms with Gasteiger partial charge in [0, 0.05) is 12.1 Å². The van der Waals surface area contributed by atoms with Gasteiger partial charge >= 0.3 is 0 Å². The summed E-state index contributed by atoms with van der Waals surface area (Å²) in [6.45, 7) is 0.291. The molecule has 1 heterocycles. The fourth-order valence-corrected chi connectivity index (χ4v) is 2.23. The van der Waals surface area contributed by atoms with Gasteiger partial charge in [0.15, 0.2) is 4.77 Å². The quantitative estimate of drug-likeness (QED) is 0.506. The molecule has 7 nitrogen and oxygen atoms in total. The normalized spacial score (nSPS) is 10.0. The monoisotopic (exact) mass is 319 g/mol. The van der Waals surface area contributed by atoms with E-state index >= 15 is 0 Å². The topological polar surface area (TPSA) is 114 Å². The highest BCUT2D eigenvalue weighted by atomic mass is 32.1. The van der Waals surface area contributed by atoms with Crippen LogP contribution in [-0.2, 0) is 6.54 Å². The van der Waals surface area contributed by atoms with Gasteiger partial charge in [0.05, 0.1) is 11.5 Å². The van der Waals surface area contributed by atoms with E-state index in [0.29, 0.717) is 17.0 Å². The van der Waals surface area contributed by atoms with E-state index in [1.54, 1.807) is 16.7 Å². The standard InChI is InChI=1S/C12H9N5O2S2/c13-5-9-10(11(14)20)15-12(21)16(9)6-7-1-3-8(4-2-7)17(18)19/h1-4H,6H2,(H2,14,20)(H,15,21). The van der Waals surface area contributed by atoms with Crippen LogP contribution in [0.15, 0.2) is 24.3 Å². The Balaban J connectivity index is 2.40. The molecular weight excluding hydrogens is 310 g/mol. The first kappa shape index (κ1) is 14.8. The Bertz CT molecular complexity index is 814. The molecule has 0 spiro atoms. The van der Waals surface area contributed by atoms with E-state index < -0.39 is 4.92 Å². The van der Waals surface area contributed by atoms with Crippen molar-refractivity contribution >= 4 is 35.1 Å². The van der Waals surface area contributed by atoms with Crippen molar-refractivity contribution in [2.24, 2.45) is 5.73 Å². The third-order valence-corrected chi connectivity index (χ3v) is 3.35. The fraction of sp³-hybridized carbons (Fsp3) is 0.0833. The maximum atomic E-state index is 10.6. The van der Waals surface area contributed by atoms with Gasteiger partial charge in [0.2, 0.25) is 0 Å². The molecule has 106 valence electrons. The van der Waals surface area contributed by atoms with Crippen LogP contribution in [0.3, 0.4) is 0 Å². The number of benzene rings is 1. The number of thiocarbonyl (C=S) groups is 1. The van der Waals surface area contributed by atoms with E-state index in [0.717, 1.165) is 5.56 Å². The third-order valence-electron chi connectivity index (χ3n) is 2.82. The number of nitrogens with one attached hydrogen (secondary N) is 1. The van der Waals surface area contributed by atoms with Gasteiger partial charge in [-0.2, -0.15) is 5.26 Å². The maximum absolute atomic E-state index is 10.6. The molecule has 0 saturated heterocycles. The number of nitriles is 1. The highest BCUT2D eigenvalue weighted by Crippen LogP contribution is 2.15. The molecule has 0 unspecified atom stereocenters. The number of nitrogens with two attached hydrogens (primary N) is 1. The molecule has 1 aromatic heterocycles. The van der Waals surface area contributed by atoms with Gasteiger partial charge in [-0.3, -0.25) is 10.1 Å². The Morgan fingerprint density at radius 1 is 1.48 bits per heavy atom. The van der Waals surface area contributed by atoms with Crippen LogP contribution in [0.2, 0.25) is 0 Å². The molecule has 0 aliphatic carbocycles. The Hall–Kier alpha value is -2.57. The van der Waals surface area contributed by atoms with Crippen LogP contribution in [0.25, 0.3) is 0 Å². The van der Waals surface area contributed by atoms with Crippen molar-refractivity contribution in [3.63, 3.8) is 0 Å². The molecular formula is C12H9N5O2S2. The van der Waals surface area contributed by atoms with Gasteiger partial charge in [-0.25, -0.2) is 0 Å². The zero-order valence-corrected chi connectivity index (χ0v) is 12.2. The van der Waals surface area contributed by atoms with Crippen molar-refractivity contribution in [1.82, 2.24) is 9.55 Å². The van der Waals surface area contributed by atoms with Crippen molar-refractivity contribution in [2.75, 3.05) is 0 Å². The second kappa shape index (κ2) is 5.82. The number of imidazole rings is 1. The molecule has 0 fully saturated rings. The van der Waals surface area contributed by atoms with Crippen LogP contribution in [0.4, 0.5) is 5.69 Å². The van der Waals surface area contributed by atoms with Crippen molar-refractivity contribution in [3.8, 4) is 6.07 Å².